The van der Waals surface area contributed by atoms with Gasteiger partial charge in [0.25, 0.3) is 0 Å². The third kappa shape index (κ3) is 3.78. The summed E-state index contributed by atoms with van der Waals surface area (Å²) in [6.45, 7) is 5.98. The van der Waals surface area contributed by atoms with Gasteiger partial charge in [0.1, 0.15) is 6.33 Å². The Morgan fingerprint density at radius 3 is 2.67 bits per heavy atom. The van der Waals surface area contributed by atoms with Crippen molar-refractivity contribution >= 4 is 17.3 Å². The lowest BCUT2D eigenvalue weighted by Gasteiger charge is -2.32. The first-order chi connectivity index (χ1) is 10.1. The first-order valence-corrected chi connectivity index (χ1v) is 7.30. The van der Waals surface area contributed by atoms with Gasteiger partial charge in [-0.1, -0.05) is 13.3 Å². The highest BCUT2D eigenvalue weighted by Crippen LogP contribution is 2.32. The van der Waals surface area contributed by atoms with Gasteiger partial charge in [-0.3, -0.25) is 10.1 Å². The standard InChI is InChI=1S/C13H22N6O2/c1-3-4-5-14-12-11(19(20)21)13(16-10-15-12)18-8-6-17(2)7-9-18/h10H,3-9H2,1-2H3,(H,14,15,16). The van der Waals surface area contributed by atoms with Crippen LogP contribution in [0.2, 0.25) is 0 Å². The Morgan fingerprint density at radius 2 is 2.05 bits per heavy atom. The van der Waals surface area contributed by atoms with Crippen molar-refractivity contribution in [3.8, 4) is 0 Å². The zero-order valence-corrected chi connectivity index (χ0v) is 12.6. The molecular weight excluding hydrogens is 272 g/mol. The molecule has 1 aromatic heterocycles. The van der Waals surface area contributed by atoms with E-state index in [1.807, 2.05) is 11.9 Å². The zero-order chi connectivity index (χ0) is 15.2. The van der Waals surface area contributed by atoms with Gasteiger partial charge in [0.15, 0.2) is 0 Å². The Kier molecular flexibility index (Phi) is 5.26. The molecule has 8 nitrogen and oxygen atoms in total. The molecule has 0 amide bonds. The van der Waals surface area contributed by atoms with Crippen LogP contribution in [0.3, 0.4) is 0 Å². The number of anilines is 2. The number of piperazine rings is 1. The van der Waals surface area contributed by atoms with E-state index in [9.17, 15) is 10.1 Å². The molecule has 1 aliphatic rings. The van der Waals surface area contributed by atoms with Crippen molar-refractivity contribution in [2.45, 2.75) is 19.8 Å². The molecule has 1 saturated heterocycles. The van der Waals surface area contributed by atoms with Gasteiger partial charge in [0, 0.05) is 32.7 Å². The molecule has 1 fully saturated rings. The van der Waals surface area contributed by atoms with Gasteiger partial charge in [-0.15, -0.1) is 0 Å². The Bertz CT molecular complexity index is 488. The minimum absolute atomic E-state index is 0.0156. The second kappa shape index (κ2) is 7.16. The molecule has 0 unspecified atom stereocenters. The lowest BCUT2D eigenvalue weighted by Crippen LogP contribution is -2.45. The Labute approximate surface area is 124 Å². The molecule has 2 rings (SSSR count). The number of nitrogens with one attached hydrogen (secondary N) is 1. The van der Waals surface area contributed by atoms with E-state index >= 15 is 0 Å². The molecule has 8 heteroatoms. The van der Waals surface area contributed by atoms with Crippen LogP contribution in [0, 0.1) is 10.1 Å². The van der Waals surface area contributed by atoms with Gasteiger partial charge in [-0.05, 0) is 13.5 Å². The van der Waals surface area contributed by atoms with E-state index in [1.165, 1.54) is 6.33 Å². The van der Waals surface area contributed by atoms with Gasteiger partial charge >= 0.3 is 5.69 Å². The molecule has 0 saturated carbocycles. The van der Waals surface area contributed by atoms with E-state index in [2.05, 4.69) is 27.1 Å². The van der Waals surface area contributed by atoms with Gasteiger partial charge in [0.2, 0.25) is 11.6 Å². The number of aromatic nitrogens is 2. The predicted molar refractivity (Wildman–Crippen MR) is 81.8 cm³/mol. The monoisotopic (exact) mass is 294 g/mol. The normalized spacial score (nSPS) is 16.0. The zero-order valence-electron chi connectivity index (χ0n) is 12.6. The van der Waals surface area contributed by atoms with Crippen LogP contribution in [0.5, 0.6) is 0 Å². The van der Waals surface area contributed by atoms with Crippen LogP contribution in [0.15, 0.2) is 6.33 Å². The average Bonchev–Trinajstić information content (AvgIpc) is 2.48. The van der Waals surface area contributed by atoms with Gasteiger partial charge in [-0.25, -0.2) is 9.97 Å². The maximum atomic E-state index is 11.4. The summed E-state index contributed by atoms with van der Waals surface area (Å²) in [6.07, 6.45) is 3.37. The predicted octanol–water partition coefficient (Wildman–Crippen LogP) is 1.35. The molecule has 0 aliphatic carbocycles. The molecule has 2 heterocycles. The fraction of sp³-hybridized carbons (Fsp3) is 0.692. The first-order valence-electron chi connectivity index (χ1n) is 7.30. The molecular formula is C13H22N6O2. The van der Waals surface area contributed by atoms with Gasteiger partial charge < -0.3 is 15.1 Å². The van der Waals surface area contributed by atoms with Crippen molar-refractivity contribution in [1.82, 2.24) is 14.9 Å². The van der Waals surface area contributed by atoms with Crippen LogP contribution in [0.25, 0.3) is 0 Å². The quantitative estimate of drug-likeness (QED) is 0.481. The second-order valence-electron chi connectivity index (χ2n) is 5.22. The highest BCUT2D eigenvalue weighted by Gasteiger charge is 2.28. The number of hydrogen-bond acceptors (Lipinski definition) is 7. The van der Waals surface area contributed by atoms with E-state index in [1.54, 1.807) is 0 Å². The van der Waals surface area contributed by atoms with Crippen molar-refractivity contribution in [2.75, 3.05) is 50.0 Å². The molecule has 1 N–H and O–H groups in total. The fourth-order valence-electron chi connectivity index (χ4n) is 2.30. The molecule has 0 spiro atoms. The number of rotatable bonds is 6. The number of nitrogens with zero attached hydrogens (tertiary/aromatic N) is 5. The summed E-state index contributed by atoms with van der Waals surface area (Å²) >= 11 is 0. The van der Waals surface area contributed by atoms with E-state index in [0.717, 1.165) is 39.0 Å². The lowest BCUT2D eigenvalue weighted by atomic mass is 10.3. The number of hydrogen-bond donors (Lipinski definition) is 1. The van der Waals surface area contributed by atoms with Crippen LogP contribution in [-0.2, 0) is 0 Å². The molecule has 0 bridgehead atoms. The molecule has 1 aliphatic heterocycles. The Balaban J connectivity index is 2.23. The summed E-state index contributed by atoms with van der Waals surface area (Å²) in [5.74, 6) is 0.736. The summed E-state index contributed by atoms with van der Waals surface area (Å²) in [6, 6.07) is 0. The third-order valence-corrected chi connectivity index (χ3v) is 3.61. The average molecular weight is 294 g/mol. The number of nitro groups is 1. The van der Waals surface area contributed by atoms with Crippen molar-refractivity contribution < 1.29 is 4.92 Å². The van der Waals surface area contributed by atoms with E-state index < -0.39 is 0 Å². The molecule has 0 aromatic carbocycles. The lowest BCUT2D eigenvalue weighted by molar-refractivity contribution is -0.383. The van der Waals surface area contributed by atoms with Crippen LogP contribution >= 0.6 is 0 Å². The number of likely N-dealkylation sites (N-methyl/N-ethyl adjacent to an activating group) is 1. The summed E-state index contributed by atoms with van der Waals surface area (Å²) in [7, 11) is 2.05. The highest BCUT2D eigenvalue weighted by atomic mass is 16.6. The number of unbranched alkanes of at least 4 members (excludes halogenated alkanes) is 1. The van der Waals surface area contributed by atoms with E-state index in [4.69, 9.17) is 0 Å². The fourth-order valence-corrected chi connectivity index (χ4v) is 2.30. The van der Waals surface area contributed by atoms with Crippen molar-refractivity contribution in [3.05, 3.63) is 16.4 Å². The molecule has 21 heavy (non-hydrogen) atoms. The Hall–Kier alpha value is -1.96. The third-order valence-electron chi connectivity index (χ3n) is 3.61. The van der Waals surface area contributed by atoms with Crippen LogP contribution < -0.4 is 10.2 Å². The summed E-state index contributed by atoms with van der Waals surface area (Å²) < 4.78 is 0. The minimum Gasteiger partial charge on any atom is -0.364 e. The van der Waals surface area contributed by atoms with Crippen LogP contribution in [0.1, 0.15) is 19.8 Å². The molecule has 0 radical (unpaired) electrons. The Morgan fingerprint density at radius 1 is 1.33 bits per heavy atom. The second-order valence-corrected chi connectivity index (χ2v) is 5.22. The van der Waals surface area contributed by atoms with Crippen LogP contribution in [-0.4, -0.2) is 59.6 Å². The summed E-state index contributed by atoms with van der Waals surface area (Å²) in [5, 5.41) is 14.5. The largest absolute Gasteiger partial charge is 0.364 e. The van der Waals surface area contributed by atoms with Crippen molar-refractivity contribution in [2.24, 2.45) is 0 Å². The maximum absolute atomic E-state index is 11.4. The molecule has 116 valence electrons. The first kappa shape index (κ1) is 15.4. The van der Waals surface area contributed by atoms with E-state index in [0.29, 0.717) is 18.2 Å². The van der Waals surface area contributed by atoms with Crippen molar-refractivity contribution in [3.63, 3.8) is 0 Å². The maximum Gasteiger partial charge on any atom is 0.353 e. The molecule has 1 aromatic rings. The van der Waals surface area contributed by atoms with Crippen LogP contribution in [0.4, 0.5) is 17.3 Å². The van der Waals surface area contributed by atoms with E-state index in [-0.39, 0.29) is 10.6 Å². The highest BCUT2D eigenvalue weighted by molar-refractivity contribution is 5.70. The molecule has 0 atom stereocenters. The van der Waals surface area contributed by atoms with Crippen molar-refractivity contribution in [1.29, 1.82) is 0 Å². The topological polar surface area (TPSA) is 87.4 Å². The van der Waals surface area contributed by atoms with Gasteiger partial charge in [0.05, 0.1) is 4.92 Å². The summed E-state index contributed by atoms with van der Waals surface area (Å²) in [5.41, 5.74) is -0.0156. The minimum atomic E-state index is -0.387. The van der Waals surface area contributed by atoms with Gasteiger partial charge in [-0.2, -0.15) is 0 Å². The smallest absolute Gasteiger partial charge is 0.353 e. The summed E-state index contributed by atoms with van der Waals surface area (Å²) in [4.78, 5) is 23.4. The SMILES string of the molecule is CCCCNc1ncnc(N2CCN(C)CC2)c1[N+](=O)[O-].